The number of halogens is 3. The molecule has 0 aliphatic heterocycles. The maximum Gasteiger partial charge on any atom is 0.433 e. The Morgan fingerprint density at radius 3 is 2.52 bits per heavy atom. The zero-order valence-electron chi connectivity index (χ0n) is 14.5. The van der Waals surface area contributed by atoms with Gasteiger partial charge in [-0.2, -0.15) is 13.2 Å². The Morgan fingerprint density at radius 1 is 1.08 bits per heavy atom. The Balaban J connectivity index is 2.17. The van der Waals surface area contributed by atoms with Crippen LogP contribution in [-0.4, -0.2) is 31.5 Å². The van der Waals surface area contributed by atoms with E-state index in [1.807, 2.05) is 6.92 Å². The van der Waals surface area contributed by atoms with E-state index in [1.54, 1.807) is 6.20 Å². The van der Waals surface area contributed by atoms with Crippen LogP contribution < -0.4 is 5.32 Å². The second-order valence-corrected chi connectivity index (χ2v) is 5.86. The van der Waals surface area contributed by atoms with Gasteiger partial charge in [0.2, 0.25) is 5.95 Å². The lowest BCUT2D eigenvalue weighted by Crippen LogP contribution is -2.15. The molecule has 0 saturated heterocycles. The molecule has 0 spiro atoms. The number of unbranched alkanes of at least 4 members (excludes halogenated alkanes) is 2. The average Bonchev–Trinajstić information content (AvgIpc) is 2.99. The van der Waals surface area contributed by atoms with Gasteiger partial charge in [0.15, 0.2) is 0 Å². The second-order valence-electron chi connectivity index (χ2n) is 5.86. The minimum Gasteiger partial charge on any atom is -0.354 e. The molecule has 25 heavy (non-hydrogen) atoms. The maximum absolute atomic E-state index is 13.1. The van der Waals surface area contributed by atoms with Gasteiger partial charge in [0.1, 0.15) is 5.69 Å². The molecule has 0 atom stereocenters. The van der Waals surface area contributed by atoms with Crippen molar-refractivity contribution in [3.8, 4) is 0 Å². The molecule has 2 rings (SSSR count). The highest BCUT2D eigenvalue weighted by atomic mass is 19.4. The van der Waals surface area contributed by atoms with Gasteiger partial charge in [-0.05, 0) is 25.3 Å². The molecule has 0 unspecified atom stereocenters. The molecule has 138 valence electrons. The van der Waals surface area contributed by atoms with Crippen LogP contribution in [-0.2, 0) is 19.1 Å². The van der Waals surface area contributed by atoms with Crippen LogP contribution in [0.1, 0.15) is 56.6 Å². The van der Waals surface area contributed by atoms with Gasteiger partial charge in [-0.15, -0.1) is 5.10 Å². The van der Waals surface area contributed by atoms with Crippen molar-refractivity contribution in [3.63, 3.8) is 0 Å². The summed E-state index contributed by atoms with van der Waals surface area (Å²) in [6.07, 6.45) is 1.83. The molecular formula is C16H23F3N6. The normalized spacial score (nSPS) is 11.7. The van der Waals surface area contributed by atoms with Crippen LogP contribution in [0.4, 0.5) is 19.1 Å². The number of aryl methyl sites for hydroxylation is 1. The summed E-state index contributed by atoms with van der Waals surface area (Å²) in [5.74, 6) is -0.00963. The summed E-state index contributed by atoms with van der Waals surface area (Å²) in [4.78, 5) is 7.75. The molecule has 0 radical (unpaired) electrons. The van der Waals surface area contributed by atoms with E-state index in [9.17, 15) is 13.2 Å². The molecule has 0 aliphatic carbocycles. The SMILES string of the molecule is CCCCNc1nc(Cn2cc(CCCC)nn2)cc(C(F)(F)F)n1. The molecule has 2 heterocycles. The predicted octanol–water partition coefficient (Wildman–Crippen LogP) is 3.69. The number of nitrogens with one attached hydrogen (secondary N) is 1. The van der Waals surface area contributed by atoms with E-state index < -0.39 is 11.9 Å². The van der Waals surface area contributed by atoms with Crippen LogP contribution in [0.3, 0.4) is 0 Å². The number of hydrogen-bond acceptors (Lipinski definition) is 5. The summed E-state index contributed by atoms with van der Waals surface area (Å²) in [6.45, 7) is 4.73. The highest BCUT2D eigenvalue weighted by Gasteiger charge is 2.33. The van der Waals surface area contributed by atoms with Crippen molar-refractivity contribution in [1.82, 2.24) is 25.0 Å². The van der Waals surface area contributed by atoms with Crippen LogP contribution in [0, 0.1) is 0 Å². The van der Waals surface area contributed by atoms with E-state index in [-0.39, 0.29) is 18.2 Å². The highest BCUT2D eigenvalue weighted by Crippen LogP contribution is 2.28. The zero-order chi connectivity index (χ0) is 18.3. The first-order valence-corrected chi connectivity index (χ1v) is 8.50. The maximum atomic E-state index is 13.1. The van der Waals surface area contributed by atoms with Crippen molar-refractivity contribution in [2.24, 2.45) is 0 Å². The van der Waals surface area contributed by atoms with Crippen molar-refractivity contribution in [2.45, 2.75) is 58.7 Å². The van der Waals surface area contributed by atoms with Crippen LogP contribution in [0.2, 0.25) is 0 Å². The largest absolute Gasteiger partial charge is 0.433 e. The highest BCUT2D eigenvalue weighted by molar-refractivity contribution is 5.29. The lowest BCUT2D eigenvalue weighted by atomic mass is 10.2. The monoisotopic (exact) mass is 356 g/mol. The number of anilines is 1. The van der Waals surface area contributed by atoms with Gasteiger partial charge in [-0.3, -0.25) is 0 Å². The molecule has 0 aliphatic rings. The van der Waals surface area contributed by atoms with Gasteiger partial charge in [0.05, 0.1) is 17.9 Å². The second kappa shape index (κ2) is 8.77. The molecule has 1 N–H and O–H groups in total. The van der Waals surface area contributed by atoms with Gasteiger partial charge in [0, 0.05) is 12.7 Å². The summed E-state index contributed by atoms with van der Waals surface area (Å²) in [7, 11) is 0. The Labute approximate surface area is 144 Å². The van der Waals surface area contributed by atoms with E-state index in [4.69, 9.17) is 0 Å². The van der Waals surface area contributed by atoms with Crippen LogP contribution >= 0.6 is 0 Å². The third kappa shape index (κ3) is 5.99. The molecule has 6 nitrogen and oxygen atoms in total. The first-order chi connectivity index (χ1) is 11.9. The average molecular weight is 356 g/mol. The third-order valence-electron chi connectivity index (χ3n) is 3.58. The summed E-state index contributed by atoms with van der Waals surface area (Å²) in [5, 5.41) is 10.9. The van der Waals surface area contributed by atoms with E-state index in [0.717, 1.165) is 43.9 Å². The van der Waals surface area contributed by atoms with E-state index in [1.165, 1.54) is 4.68 Å². The molecule has 0 saturated carbocycles. The van der Waals surface area contributed by atoms with Crippen LogP contribution in [0.15, 0.2) is 12.3 Å². The number of hydrogen-bond donors (Lipinski definition) is 1. The molecule has 0 amide bonds. The summed E-state index contributed by atoms with van der Waals surface area (Å²) in [5.41, 5.74) is 0.115. The minimum absolute atomic E-state index is 0.00963. The Morgan fingerprint density at radius 2 is 1.84 bits per heavy atom. The minimum atomic E-state index is -4.52. The molecule has 0 fully saturated rings. The van der Waals surface area contributed by atoms with Crippen LogP contribution in [0.25, 0.3) is 0 Å². The zero-order valence-corrected chi connectivity index (χ0v) is 14.5. The third-order valence-corrected chi connectivity index (χ3v) is 3.58. The number of rotatable bonds is 9. The first kappa shape index (κ1) is 19.1. The summed E-state index contributed by atoms with van der Waals surface area (Å²) < 4.78 is 40.7. The Bertz CT molecular complexity index is 668. The number of nitrogens with zero attached hydrogens (tertiary/aromatic N) is 5. The Kier molecular flexibility index (Phi) is 6.72. The first-order valence-electron chi connectivity index (χ1n) is 8.50. The fourth-order valence-electron chi connectivity index (χ4n) is 2.23. The van der Waals surface area contributed by atoms with E-state index in [0.29, 0.717) is 6.54 Å². The van der Waals surface area contributed by atoms with Crippen molar-refractivity contribution in [3.05, 3.63) is 29.3 Å². The smallest absolute Gasteiger partial charge is 0.354 e. The van der Waals surface area contributed by atoms with Gasteiger partial charge in [-0.1, -0.05) is 31.9 Å². The molecule has 9 heteroatoms. The summed E-state index contributed by atoms with van der Waals surface area (Å²) in [6, 6.07) is 0.957. The molecule has 2 aromatic heterocycles. The Hall–Kier alpha value is -2.19. The van der Waals surface area contributed by atoms with Gasteiger partial charge < -0.3 is 5.32 Å². The fourth-order valence-corrected chi connectivity index (χ4v) is 2.23. The predicted molar refractivity (Wildman–Crippen MR) is 88.2 cm³/mol. The van der Waals surface area contributed by atoms with Gasteiger partial charge in [0.25, 0.3) is 0 Å². The lowest BCUT2D eigenvalue weighted by molar-refractivity contribution is -0.141. The van der Waals surface area contributed by atoms with Crippen molar-refractivity contribution >= 4 is 5.95 Å². The molecular weight excluding hydrogens is 333 g/mol. The quantitative estimate of drug-likeness (QED) is 0.694. The standard InChI is InChI=1S/C16H23F3N6/c1-3-5-7-12-10-25(24-23-12)11-13-9-14(16(17,18)19)22-15(21-13)20-8-6-4-2/h9-10H,3-8,11H2,1-2H3,(H,20,21,22). The van der Waals surface area contributed by atoms with E-state index in [2.05, 4.69) is 32.5 Å². The molecule has 2 aromatic rings. The number of aromatic nitrogens is 5. The summed E-state index contributed by atoms with van der Waals surface area (Å²) >= 11 is 0. The fraction of sp³-hybridized carbons (Fsp3) is 0.625. The molecule has 0 aromatic carbocycles. The van der Waals surface area contributed by atoms with Crippen molar-refractivity contribution in [1.29, 1.82) is 0 Å². The van der Waals surface area contributed by atoms with Crippen molar-refractivity contribution in [2.75, 3.05) is 11.9 Å². The lowest BCUT2D eigenvalue weighted by Gasteiger charge is -2.11. The van der Waals surface area contributed by atoms with Gasteiger partial charge >= 0.3 is 6.18 Å². The van der Waals surface area contributed by atoms with Crippen molar-refractivity contribution < 1.29 is 13.2 Å². The van der Waals surface area contributed by atoms with E-state index >= 15 is 0 Å². The topological polar surface area (TPSA) is 68.5 Å². The number of alkyl halides is 3. The van der Waals surface area contributed by atoms with Gasteiger partial charge in [-0.25, -0.2) is 14.6 Å². The van der Waals surface area contributed by atoms with Crippen LogP contribution in [0.5, 0.6) is 0 Å². The molecule has 0 bridgehead atoms.